The summed E-state index contributed by atoms with van der Waals surface area (Å²) in [6.07, 6.45) is 0. The van der Waals surface area contributed by atoms with Gasteiger partial charge in [-0.25, -0.2) is 0 Å². The molecule has 2 aromatic rings. The maximum atomic E-state index is 9.08. The van der Waals surface area contributed by atoms with E-state index in [1.165, 1.54) is 0 Å². The fourth-order valence-electron chi connectivity index (χ4n) is 2.23. The first kappa shape index (κ1) is 17.7. The van der Waals surface area contributed by atoms with E-state index in [-0.39, 0.29) is 13.2 Å². The molecule has 0 saturated heterocycles. The fourth-order valence-corrected chi connectivity index (χ4v) is 2.23. The van der Waals surface area contributed by atoms with E-state index in [2.05, 4.69) is 10.2 Å². The van der Waals surface area contributed by atoms with Crippen LogP contribution in [0.5, 0.6) is 5.75 Å². The number of benzene rings is 2. The van der Waals surface area contributed by atoms with E-state index in [1.807, 2.05) is 29.2 Å². The van der Waals surface area contributed by atoms with Gasteiger partial charge in [-0.1, -0.05) is 0 Å². The SMILES string of the molecule is COc1cc(N)ccc1N=Nc1ccc(N(CCO)CCO)cc1. The van der Waals surface area contributed by atoms with Crippen LogP contribution >= 0.6 is 0 Å². The van der Waals surface area contributed by atoms with E-state index in [0.29, 0.717) is 35.9 Å². The summed E-state index contributed by atoms with van der Waals surface area (Å²) in [4.78, 5) is 1.89. The average molecular weight is 330 g/mol. The van der Waals surface area contributed by atoms with E-state index >= 15 is 0 Å². The number of aliphatic hydroxyl groups excluding tert-OH is 2. The van der Waals surface area contributed by atoms with E-state index in [4.69, 9.17) is 20.7 Å². The molecular formula is C17H22N4O3. The lowest BCUT2D eigenvalue weighted by molar-refractivity contribution is 0.281. The summed E-state index contributed by atoms with van der Waals surface area (Å²) in [5.74, 6) is 0.562. The van der Waals surface area contributed by atoms with Crippen molar-refractivity contribution in [1.29, 1.82) is 0 Å². The zero-order chi connectivity index (χ0) is 17.4. The summed E-state index contributed by atoms with van der Waals surface area (Å²) in [6, 6.07) is 12.6. The van der Waals surface area contributed by atoms with Crippen LogP contribution in [0.1, 0.15) is 0 Å². The normalized spacial score (nSPS) is 11.0. The first-order chi connectivity index (χ1) is 11.7. The van der Waals surface area contributed by atoms with Crippen molar-refractivity contribution in [3.05, 3.63) is 42.5 Å². The lowest BCUT2D eigenvalue weighted by Crippen LogP contribution is -2.29. The van der Waals surface area contributed by atoms with Gasteiger partial charge in [0.25, 0.3) is 0 Å². The highest BCUT2D eigenvalue weighted by atomic mass is 16.5. The molecule has 0 unspecified atom stereocenters. The molecule has 0 radical (unpaired) electrons. The highest BCUT2D eigenvalue weighted by Crippen LogP contribution is 2.31. The molecule has 0 aliphatic rings. The van der Waals surface area contributed by atoms with Crippen molar-refractivity contribution < 1.29 is 14.9 Å². The van der Waals surface area contributed by atoms with Gasteiger partial charge in [0.2, 0.25) is 0 Å². The third kappa shape index (κ3) is 4.68. The number of anilines is 2. The second-order valence-corrected chi connectivity index (χ2v) is 5.08. The molecule has 0 spiro atoms. The van der Waals surface area contributed by atoms with Crippen molar-refractivity contribution in [2.24, 2.45) is 10.2 Å². The lowest BCUT2D eigenvalue weighted by Gasteiger charge is -2.22. The van der Waals surface area contributed by atoms with Crippen molar-refractivity contribution in [1.82, 2.24) is 0 Å². The number of ether oxygens (including phenoxy) is 1. The fraction of sp³-hybridized carbons (Fsp3) is 0.294. The van der Waals surface area contributed by atoms with Gasteiger partial charge in [0.15, 0.2) is 0 Å². The quantitative estimate of drug-likeness (QED) is 0.509. The number of methoxy groups -OCH3 is 1. The number of aliphatic hydroxyl groups is 2. The molecule has 0 atom stereocenters. The minimum absolute atomic E-state index is 0.0262. The molecule has 0 bridgehead atoms. The average Bonchev–Trinajstić information content (AvgIpc) is 2.61. The Hall–Kier alpha value is -2.64. The van der Waals surface area contributed by atoms with Crippen LogP contribution in [0.4, 0.5) is 22.7 Å². The molecule has 4 N–H and O–H groups in total. The second kappa shape index (κ2) is 8.85. The summed E-state index contributed by atoms with van der Waals surface area (Å²) in [5.41, 5.74) is 8.50. The number of hydrogen-bond acceptors (Lipinski definition) is 7. The monoisotopic (exact) mass is 330 g/mol. The van der Waals surface area contributed by atoms with Crippen LogP contribution < -0.4 is 15.4 Å². The standard InChI is InChI=1S/C17H22N4O3/c1-24-17-12-13(18)2-7-16(17)20-19-14-3-5-15(6-4-14)21(8-10-22)9-11-23/h2-7,12,22-23H,8-11,18H2,1H3. The minimum Gasteiger partial charge on any atom is -0.494 e. The zero-order valence-electron chi connectivity index (χ0n) is 13.6. The molecule has 24 heavy (non-hydrogen) atoms. The van der Waals surface area contributed by atoms with E-state index in [0.717, 1.165) is 5.69 Å². The number of nitrogens with zero attached hydrogens (tertiary/aromatic N) is 3. The largest absolute Gasteiger partial charge is 0.494 e. The van der Waals surface area contributed by atoms with Crippen molar-refractivity contribution in [3.8, 4) is 5.75 Å². The van der Waals surface area contributed by atoms with Gasteiger partial charge in [-0.3, -0.25) is 0 Å². The van der Waals surface area contributed by atoms with Crippen molar-refractivity contribution in [2.45, 2.75) is 0 Å². The van der Waals surface area contributed by atoms with Crippen LogP contribution in [0.25, 0.3) is 0 Å². The van der Waals surface area contributed by atoms with Crippen LogP contribution in [0.3, 0.4) is 0 Å². The molecule has 0 fully saturated rings. The van der Waals surface area contributed by atoms with Crippen LogP contribution in [0.15, 0.2) is 52.7 Å². The molecule has 128 valence electrons. The van der Waals surface area contributed by atoms with E-state index < -0.39 is 0 Å². The lowest BCUT2D eigenvalue weighted by atomic mass is 10.2. The summed E-state index contributed by atoms with van der Waals surface area (Å²) in [5, 5.41) is 26.5. The topological polar surface area (TPSA) is 104 Å². The molecule has 2 aromatic carbocycles. The van der Waals surface area contributed by atoms with Gasteiger partial charge in [-0.2, -0.15) is 5.11 Å². The molecule has 2 rings (SSSR count). The highest BCUT2D eigenvalue weighted by molar-refractivity contribution is 5.59. The summed E-state index contributed by atoms with van der Waals surface area (Å²) >= 11 is 0. The Balaban J connectivity index is 2.13. The molecule has 0 aliphatic heterocycles. The van der Waals surface area contributed by atoms with E-state index in [9.17, 15) is 0 Å². The maximum Gasteiger partial charge on any atom is 0.148 e. The van der Waals surface area contributed by atoms with Crippen LogP contribution in [0.2, 0.25) is 0 Å². The summed E-state index contributed by atoms with van der Waals surface area (Å²) in [7, 11) is 1.56. The number of nitrogen functional groups attached to an aromatic ring is 1. The van der Waals surface area contributed by atoms with Crippen LogP contribution in [0, 0.1) is 0 Å². The van der Waals surface area contributed by atoms with Gasteiger partial charge in [-0.05, 0) is 36.4 Å². The first-order valence-electron chi connectivity index (χ1n) is 7.60. The maximum absolute atomic E-state index is 9.08. The Morgan fingerprint density at radius 3 is 2.25 bits per heavy atom. The third-order valence-electron chi connectivity index (χ3n) is 3.43. The first-order valence-corrected chi connectivity index (χ1v) is 7.60. The molecule has 7 nitrogen and oxygen atoms in total. The highest BCUT2D eigenvalue weighted by Gasteiger charge is 2.05. The zero-order valence-corrected chi connectivity index (χ0v) is 13.6. The Labute approximate surface area is 141 Å². The van der Waals surface area contributed by atoms with Crippen LogP contribution in [-0.2, 0) is 0 Å². The van der Waals surface area contributed by atoms with Gasteiger partial charge in [0.05, 0.1) is 26.0 Å². The Morgan fingerprint density at radius 2 is 1.67 bits per heavy atom. The number of azo groups is 1. The van der Waals surface area contributed by atoms with Gasteiger partial charge in [0, 0.05) is 30.5 Å². The number of hydrogen-bond donors (Lipinski definition) is 3. The van der Waals surface area contributed by atoms with Gasteiger partial charge >= 0.3 is 0 Å². The molecule has 0 heterocycles. The molecular weight excluding hydrogens is 308 g/mol. The van der Waals surface area contributed by atoms with Crippen molar-refractivity contribution >= 4 is 22.7 Å². The number of rotatable bonds is 8. The van der Waals surface area contributed by atoms with E-state index in [1.54, 1.807) is 25.3 Å². The van der Waals surface area contributed by atoms with Gasteiger partial charge in [-0.15, -0.1) is 5.11 Å². The predicted octanol–water partition coefficient (Wildman–Crippen LogP) is 2.48. The van der Waals surface area contributed by atoms with Gasteiger partial charge in [0.1, 0.15) is 11.4 Å². The molecule has 7 heteroatoms. The Kier molecular flexibility index (Phi) is 6.53. The molecule has 0 amide bonds. The van der Waals surface area contributed by atoms with Crippen LogP contribution in [-0.4, -0.2) is 43.6 Å². The minimum atomic E-state index is 0.0262. The Morgan fingerprint density at radius 1 is 1.00 bits per heavy atom. The summed E-state index contributed by atoms with van der Waals surface area (Å²) < 4.78 is 5.23. The molecule has 0 aromatic heterocycles. The molecule has 0 saturated carbocycles. The third-order valence-corrected chi connectivity index (χ3v) is 3.43. The second-order valence-electron chi connectivity index (χ2n) is 5.08. The van der Waals surface area contributed by atoms with Crippen molar-refractivity contribution in [2.75, 3.05) is 44.0 Å². The number of nitrogens with two attached hydrogens (primary N) is 1. The van der Waals surface area contributed by atoms with Crippen molar-refractivity contribution in [3.63, 3.8) is 0 Å². The van der Waals surface area contributed by atoms with Gasteiger partial charge < -0.3 is 25.6 Å². The summed E-state index contributed by atoms with van der Waals surface area (Å²) in [6.45, 7) is 0.977. The Bertz CT molecular complexity index is 668. The molecule has 0 aliphatic carbocycles. The smallest absolute Gasteiger partial charge is 0.148 e. The predicted molar refractivity (Wildman–Crippen MR) is 94.4 cm³/mol.